The molecule has 1 saturated heterocycles. The van der Waals surface area contributed by atoms with Crippen molar-refractivity contribution < 1.29 is 4.79 Å². The van der Waals surface area contributed by atoms with Gasteiger partial charge in [0.1, 0.15) is 0 Å². The Morgan fingerprint density at radius 1 is 1.62 bits per heavy atom. The van der Waals surface area contributed by atoms with Crippen LogP contribution in [0.2, 0.25) is 0 Å². The minimum atomic E-state index is 0. The zero-order valence-electron chi connectivity index (χ0n) is 9.29. The van der Waals surface area contributed by atoms with Crippen LogP contribution in [0.3, 0.4) is 0 Å². The molecule has 2 rings (SSSR count). The van der Waals surface area contributed by atoms with Crippen LogP contribution in [-0.4, -0.2) is 19.0 Å². The van der Waals surface area contributed by atoms with Crippen LogP contribution in [0.1, 0.15) is 16.2 Å². The van der Waals surface area contributed by atoms with Crippen molar-refractivity contribution >= 4 is 29.7 Å². The molecule has 1 aromatic rings. The van der Waals surface area contributed by atoms with Gasteiger partial charge in [-0.25, -0.2) is 0 Å². The molecule has 1 atom stereocenters. The predicted octanol–water partition coefficient (Wildman–Crippen LogP) is 1.70. The van der Waals surface area contributed by atoms with Gasteiger partial charge in [-0.3, -0.25) is 4.79 Å². The van der Waals surface area contributed by atoms with Gasteiger partial charge in [0.05, 0.1) is 12.5 Å². The molecular weight excluding hydrogens is 244 g/mol. The van der Waals surface area contributed by atoms with Gasteiger partial charge in [0.25, 0.3) is 0 Å². The molecular formula is C11H17ClN2OS. The summed E-state index contributed by atoms with van der Waals surface area (Å²) in [7, 11) is 0. The highest BCUT2D eigenvalue weighted by atomic mass is 35.5. The van der Waals surface area contributed by atoms with Crippen molar-refractivity contribution in [2.45, 2.75) is 19.9 Å². The molecule has 1 aromatic heterocycles. The summed E-state index contributed by atoms with van der Waals surface area (Å²) in [5, 5.41) is 6.18. The minimum absolute atomic E-state index is 0. The van der Waals surface area contributed by atoms with Crippen LogP contribution in [0.4, 0.5) is 0 Å². The molecule has 1 aliphatic rings. The highest BCUT2D eigenvalue weighted by Gasteiger charge is 2.21. The van der Waals surface area contributed by atoms with Crippen LogP contribution in [0.25, 0.3) is 0 Å². The molecule has 1 fully saturated rings. The number of thiophene rings is 1. The molecule has 90 valence electrons. The molecule has 0 spiro atoms. The summed E-state index contributed by atoms with van der Waals surface area (Å²) >= 11 is 1.74. The Hall–Kier alpha value is -0.580. The molecule has 0 unspecified atom stereocenters. The lowest BCUT2D eigenvalue weighted by Gasteiger charge is -2.08. The lowest BCUT2D eigenvalue weighted by Crippen LogP contribution is -2.31. The van der Waals surface area contributed by atoms with E-state index in [1.54, 1.807) is 11.3 Å². The molecule has 3 nitrogen and oxygen atoms in total. The molecule has 0 aromatic carbocycles. The topological polar surface area (TPSA) is 41.1 Å². The molecule has 16 heavy (non-hydrogen) atoms. The van der Waals surface area contributed by atoms with E-state index in [0.717, 1.165) is 19.5 Å². The average molecular weight is 261 g/mol. The number of halogens is 1. The van der Waals surface area contributed by atoms with Gasteiger partial charge in [0.2, 0.25) is 5.91 Å². The summed E-state index contributed by atoms with van der Waals surface area (Å²) in [6.07, 6.45) is 0.968. The maximum atomic E-state index is 11.7. The van der Waals surface area contributed by atoms with Gasteiger partial charge in [-0.2, -0.15) is 0 Å². The molecule has 0 aliphatic carbocycles. The molecule has 0 saturated carbocycles. The maximum absolute atomic E-state index is 11.7. The third-order valence-electron chi connectivity index (χ3n) is 2.66. The van der Waals surface area contributed by atoms with Crippen molar-refractivity contribution in [2.75, 3.05) is 13.1 Å². The van der Waals surface area contributed by atoms with E-state index in [0.29, 0.717) is 6.54 Å². The summed E-state index contributed by atoms with van der Waals surface area (Å²) in [6, 6.07) is 4.16. The second-order valence-corrected chi connectivity index (χ2v) is 5.29. The smallest absolute Gasteiger partial charge is 0.224 e. The normalized spacial score (nSPS) is 19.2. The first-order valence-corrected chi connectivity index (χ1v) is 6.11. The molecule has 1 amide bonds. The number of rotatable bonds is 3. The van der Waals surface area contributed by atoms with Crippen LogP contribution in [0, 0.1) is 12.8 Å². The standard InChI is InChI=1S/C11H16N2OS.ClH/c1-8-2-3-10(15-8)7-13-11(14)9-4-5-12-6-9;/h2-3,9,12H,4-7H2,1H3,(H,13,14);1H/t9-;/m0./s1. The highest BCUT2D eigenvalue weighted by molar-refractivity contribution is 7.11. The van der Waals surface area contributed by atoms with Crippen molar-refractivity contribution in [3.8, 4) is 0 Å². The predicted molar refractivity (Wildman–Crippen MR) is 69.1 cm³/mol. The van der Waals surface area contributed by atoms with Crippen LogP contribution in [0.15, 0.2) is 12.1 Å². The first kappa shape index (κ1) is 13.5. The van der Waals surface area contributed by atoms with E-state index in [4.69, 9.17) is 0 Å². The lowest BCUT2D eigenvalue weighted by molar-refractivity contribution is -0.124. The van der Waals surface area contributed by atoms with E-state index >= 15 is 0 Å². The zero-order valence-corrected chi connectivity index (χ0v) is 10.9. The Morgan fingerprint density at radius 2 is 2.44 bits per heavy atom. The molecule has 0 bridgehead atoms. The highest BCUT2D eigenvalue weighted by Crippen LogP contribution is 2.15. The monoisotopic (exact) mass is 260 g/mol. The number of amides is 1. The third-order valence-corrected chi connectivity index (χ3v) is 3.66. The van der Waals surface area contributed by atoms with E-state index in [1.807, 2.05) is 0 Å². The zero-order chi connectivity index (χ0) is 10.7. The molecule has 1 aliphatic heterocycles. The largest absolute Gasteiger partial charge is 0.351 e. The molecule has 2 heterocycles. The molecule has 0 radical (unpaired) electrons. The Labute approximate surface area is 106 Å². The number of hydrogen-bond donors (Lipinski definition) is 2. The lowest BCUT2D eigenvalue weighted by atomic mass is 10.1. The SMILES string of the molecule is Cc1ccc(CNC(=O)[C@H]2CCNC2)s1.Cl. The Morgan fingerprint density at radius 3 is 3.00 bits per heavy atom. The van der Waals surface area contributed by atoms with E-state index in [9.17, 15) is 4.79 Å². The van der Waals surface area contributed by atoms with Crippen molar-refractivity contribution in [2.24, 2.45) is 5.92 Å². The Balaban J connectivity index is 0.00000128. The molecule has 2 N–H and O–H groups in total. The number of aryl methyl sites for hydroxylation is 1. The first-order valence-electron chi connectivity index (χ1n) is 5.29. The number of nitrogens with one attached hydrogen (secondary N) is 2. The minimum Gasteiger partial charge on any atom is -0.351 e. The van der Waals surface area contributed by atoms with Crippen LogP contribution in [0.5, 0.6) is 0 Å². The van der Waals surface area contributed by atoms with E-state index < -0.39 is 0 Å². The van der Waals surface area contributed by atoms with Gasteiger partial charge in [0.15, 0.2) is 0 Å². The second-order valence-electron chi connectivity index (χ2n) is 3.92. The van der Waals surface area contributed by atoms with Crippen molar-refractivity contribution in [1.82, 2.24) is 10.6 Å². The third kappa shape index (κ3) is 3.47. The average Bonchev–Trinajstić information content (AvgIpc) is 2.84. The van der Waals surface area contributed by atoms with E-state index in [2.05, 4.69) is 29.7 Å². The van der Waals surface area contributed by atoms with Crippen LogP contribution >= 0.6 is 23.7 Å². The summed E-state index contributed by atoms with van der Waals surface area (Å²) in [6.45, 7) is 4.55. The van der Waals surface area contributed by atoms with Gasteiger partial charge >= 0.3 is 0 Å². The number of hydrogen-bond acceptors (Lipinski definition) is 3. The fraction of sp³-hybridized carbons (Fsp3) is 0.545. The first-order chi connectivity index (χ1) is 7.25. The van der Waals surface area contributed by atoms with Crippen LogP contribution < -0.4 is 10.6 Å². The number of carbonyl (C=O) groups is 1. The van der Waals surface area contributed by atoms with E-state index in [1.165, 1.54) is 9.75 Å². The summed E-state index contributed by atoms with van der Waals surface area (Å²) in [4.78, 5) is 14.2. The quantitative estimate of drug-likeness (QED) is 0.869. The Kier molecular flexibility index (Phi) is 5.25. The van der Waals surface area contributed by atoms with Crippen LogP contribution in [-0.2, 0) is 11.3 Å². The summed E-state index contributed by atoms with van der Waals surface area (Å²) in [5.74, 6) is 0.358. The van der Waals surface area contributed by atoms with Crippen molar-refractivity contribution in [1.29, 1.82) is 0 Å². The van der Waals surface area contributed by atoms with E-state index in [-0.39, 0.29) is 24.2 Å². The van der Waals surface area contributed by atoms with Crippen molar-refractivity contribution in [3.63, 3.8) is 0 Å². The van der Waals surface area contributed by atoms with Gasteiger partial charge in [-0.15, -0.1) is 23.7 Å². The Bertz CT molecular complexity index is 348. The van der Waals surface area contributed by atoms with Gasteiger partial charge < -0.3 is 10.6 Å². The van der Waals surface area contributed by atoms with Gasteiger partial charge in [-0.05, 0) is 32.0 Å². The fourth-order valence-corrected chi connectivity index (χ4v) is 2.61. The fourth-order valence-electron chi connectivity index (χ4n) is 1.78. The second kappa shape index (κ2) is 6.23. The maximum Gasteiger partial charge on any atom is 0.224 e. The summed E-state index contributed by atoms with van der Waals surface area (Å²) in [5.41, 5.74) is 0. The summed E-state index contributed by atoms with van der Waals surface area (Å²) < 4.78 is 0. The van der Waals surface area contributed by atoms with Gasteiger partial charge in [-0.1, -0.05) is 0 Å². The number of carbonyl (C=O) groups excluding carboxylic acids is 1. The van der Waals surface area contributed by atoms with Crippen molar-refractivity contribution in [3.05, 3.63) is 21.9 Å². The van der Waals surface area contributed by atoms with Gasteiger partial charge in [0, 0.05) is 16.3 Å². The molecule has 5 heteroatoms.